The van der Waals surface area contributed by atoms with Gasteiger partial charge in [-0.3, -0.25) is 4.90 Å². The molecule has 2 saturated heterocycles. The van der Waals surface area contributed by atoms with Crippen LogP contribution >= 0.6 is 7.14 Å². The van der Waals surface area contributed by atoms with Crippen molar-refractivity contribution in [1.29, 1.82) is 0 Å². The second-order valence-electron chi connectivity index (χ2n) is 7.76. The number of rotatable bonds is 4. The molecule has 1 amide bonds. The Balaban J connectivity index is 1.52. The molecule has 0 radical (unpaired) electrons. The van der Waals surface area contributed by atoms with E-state index in [-0.39, 0.29) is 24.3 Å². The maximum absolute atomic E-state index is 14.9. The molecule has 2 fully saturated rings. The van der Waals surface area contributed by atoms with E-state index in [2.05, 4.69) is 0 Å². The summed E-state index contributed by atoms with van der Waals surface area (Å²) in [6, 6.07) is 7.86. The number of anilines is 1. The standard InChI is InChI=1S/C21H22F3N2O3P/c22-14-1-3-17(4-2-14)30(28)7-5-13(6-8-30)20-18(23)9-15(10-19(20)24)26-12-16(11-25)29-21(26)27/h1-4,9-10,13,16H,5-8,11-12,25H2. The predicted molar refractivity (Wildman–Crippen MR) is 108 cm³/mol. The van der Waals surface area contributed by atoms with Crippen molar-refractivity contribution in [2.75, 3.05) is 30.3 Å². The monoisotopic (exact) mass is 438 g/mol. The molecule has 160 valence electrons. The van der Waals surface area contributed by atoms with Gasteiger partial charge in [-0.1, -0.05) is 0 Å². The highest BCUT2D eigenvalue weighted by atomic mass is 31.2. The minimum absolute atomic E-state index is 0.0490. The van der Waals surface area contributed by atoms with Gasteiger partial charge in [-0.05, 0) is 55.2 Å². The number of cyclic esters (lactones) is 1. The third-order valence-electron chi connectivity index (χ3n) is 5.90. The second-order valence-corrected chi connectivity index (χ2v) is 11.0. The number of ether oxygens (including phenoxy) is 1. The SMILES string of the molecule is NCC1CN(c2cc(F)c(C3CCP(=O)(c4ccc(F)cc4)CC3)c(F)c2)C(=O)O1. The van der Waals surface area contributed by atoms with Gasteiger partial charge in [-0.25, -0.2) is 18.0 Å². The lowest BCUT2D eigenvalue weighted by Gasteiger charge is -2.30. The van der Waals surface area contributed by atoms with E-state index in [1.54, 1.807) is 0 Å². The minimum Gasteiger partial charge on any atom is -0.443 e. The molecule has 30 heavy (non-hydrogen) atoms. The lowest BCUT2D eigenvalue weighted by atomic mass is 9.92. The normalized spacial score (nSPS) is 26.7. The molecule has 9 heteroatoms. The zero-order valence-corrected chi connectivity index (χ0v) is 17.1. The number of amides is 1. The van der Waals surface area contributed by atoms with Crippen LogP contribution in [0.15, 0.2) is 36.4 Å². The highest BCUT2D eigenvalue weighted by Crippen LogP contribution is 2.53. The van der Waals surface area contributed by atoms with Gasteiger partial charge in [0.15, 0.2) is 0 Å². The molecule has 2 aromatic rings. The van der Waals surface area contributed by atoms with Crippen LogP contribution in [-0.4, -0.2) is 37.6 Å². The van der Waals surface area contributed by atoms with Crippen LogP contribution in [0.25, 0.3) is 0 Å². The summed E-state index contributed by atoms with van der Waals surface area (Å²) >= 11 is 0. The lowest BCUT2D eigenvalue weighted by molar-refractivity contribution is 0.145. The van der Waals surface area contributed by atoms with Crippen molar-refractivity contribution >= 4 is 24.2 Å². The van der Waals surface area contributed by atoms with Crippen molar-refractivity contribution in [1.82, 2.24) is 0 Å². The quantitative estimate of drug-likeness (QED) is 0.734. The first-order chi connectivity index (χ1) is 14.3. The zero-order valence-electron chi connectivity index (χ0n) is 16.2. The smallest absolute Gasteiger partial charge is 0.414 e. The Morgan fingerprint density at radius 1 is 1.07 bits per heavy atom. The fourth-order valence-electron chi connectivity index (χ4n) is 4.22. The van der Waals surface area contributed by atoms with Crippen LogP contribution in [0.2, 0.25) is 0 Å². The summed E-state index contributed by atoms with van der Waals surface area (Å²) in [7, 11) is -2.71. The summed E-state index contributed by atoms with van der Waals surface area (Å²) in [5.74, 6) is -2.29. The highest BCUT2D eigenvalue weighted by molar-refractivity contribution is 7.71. The Hall–Kier alpha value is -2.31. The first-order valence-corrected chi connectivity index (χ1v) is 11.9. The van der Waals surface area contributed by atoms with Crippen molar-refractivity contribution in [3.8, 4) is 0 Å². The number of nitrogens with zero attached hydrogens (tertiary/aromatic N) is 1. The van der Waals surface area contributed by atoms with Gasteiger partial charge in [-0.2, -0.15) is 0 Å². The Kier molecular flexibility index (Phi) is 5.64. The van der Waals surface area contributed by atoms with Crippen LogP contribution in [0.4, 0.5) is 23.7 Å². The van der Waals surface area contributed by atoms with E-state index in [9.17, 15) is 22.5 Å². The number of nitrogens with two attached hydrogens (primary N) is 1. The van der Waals surface area contributed by atoms with Gasteiger partial charge in [0, 0.05) is 29.7 Å². The minimum atomic E-state index is -2.71. The number of halogens is 3. The van der Waals surface area contributed by atoms with Crippen LogP contribution in [-0.2, 0) is 9.30 Å². The van der Waals surface area contributed by atoms with Crippen molar-refractivity contribution in [2.24, 2.45) is 5.73 Å². The molecule has 5 nitrogen and oxygen atoms in total. The van der Waals surface area contributed by atoms with Crippen LogP contribution in [0.1, 0.15) is 24.3 Å². The fourth-order valence-corrected chi connectivity index (χ4v) is 7.11. The van der Waals surface area contributed by atoms with E-state index in [1.807, 2.05) is 0 Å². The van der Waals surface area contributed by atoms with Crippen molar-refractivity contribution in [2.45, 2.75) is 24.9 Å². The summed E-state index contributed by atoms with van der Waals surface area (Å²) in [6.45, 7) is 0.263. The molecule has 0 aliphatic carbocycles. The summed E-state index contributed by atoms with van der Waals surface area (Å²) < 4.78 is 61.1. The molecule has 0 bridgehead atoms. The topological polar surface area (TPSA) is 72.6 Å². The number of hydrogen-bond donors (Lipinski definition) is 1. The molecule has 2 N–H and O–H groups in total. The molecule has 1 atom stereocenters. The molecule has 0 aromatic heterocycles. The molecule has 1 unspecified atom stereocenters. The van der Waals surface area contributed by atoms with Gasteiger partial charge in [0.05, 0.1) is 12.2 Å². The molecule has 2 aliphatic heterocycles. The van der Waals surface area contributed by atoms with Gasteiger partial charge in [0.25, 0.3) is 0 Å². The maximum atomic E-state index is 14.9. The van der Waals surface area contributed by atoms with Gasteiger partial charge in [-0.15, -0.1) is 0 Å². The molecule has 2 aliphatic rings. The number of carbonyl (C=O) groups excluding carboxylic acids is 1. The summed E-state index contributed by atoms with van der Waals surface area (Å²) in [6.07, 6.45) is 0.143. The fraction of sp³-hybridized carbons (Fsp3) is 0.381. The summed E-state index contributed by atoms with van der Waals surface area (Å²) in [4.78, 5) is 13.1. The van der Waals surface area contributed by atoms with E-state index in [0.29, 0.717) is 30.5 Å². The lowest BCUT2D eigenvalue weighted by Crippen LogP contribution is -2.28. The predicted octanol–water partition coefficient (Wildman–Crippen LogP) is 3.95. The summed E-state index contributed by atoms with van der Waals surface area (Å²) in [5.41, 5.74) is 5.53. The van der Waals surface area contributed by atoms with Crippen LogP contribution in [0.5, 0.6) is 0 Å². The largest absolute Gasteiger partial charge is 0.443 e. The van der Waals surface area contributed by atoms with Crippen molar-refractivity contribution in [3.63, 3.8) is 0 Å². The Morgan fingerprint density at radius 3 is 2.20 bits per heavy atom. The number of benzene rings is 2. The third-order valence-corrected chi connectivity index (χ3v) is 9.10. The number of hydrogen-bond acceptors (Lipinski definition) is 4. The van der Waals surface area contributed by atoms with E-state index in [1.165, 1.54) is 24.3 Å². The van der Waals surface area contributed by atoms with E-state index < -0.39 is 42.7 Å². The first kappa shape index (κ1) is 20.9. The van der Waals surface area contributed by atoms with Crippen LogP contribution in [0.3, 0.4) is 0 Å². The third kappa shape index (κ3) is 3.86. The Labute approximate surface area is 172 Å². The first-order valence-electron chi connectivity index (χ1n) is 9.82. The molecular formula is C21H22F3N2O3P. The van der Waals surface area contributed by atoms with Gasteiger partial charge >= 0.3 is 6.09 Å². The van der Waals surface area contributed by atoms with E-state index >= 15 is 0 Å². The van der Waals surface area contributed by atoms with Crippen molar-refractivity contribution < 1.29 is 27.3 Å². The molecule has 2 aromatic carbocycles. The molecule has 0 spiro atoms. The highest BCUT2D eigenvalue weighted by Gasteiger charge is 2.36. The van der Waals surface area contributed by atoms with E-state index in [4.69, 9.17) is 10.5 Å². The summed E-state index contributed by atoms with van der Waals surface area (Å²) in [5, 5.41) is 0.598. The molecular weight excluding hydrogens is 416 g/mol. The van der Waals surface area contributed by atoms with Crippen LogP contribution < -0.4 is 15.9 Å². The molecule has 2 heterocycles. The van der Waals surface area contributed by atoms with Gasteiger partial charge < -0.3 is 15.0 Å². The Bertz CT molecular complexity index is 980. The average molecular weight is 438 g/mol. The average Bonchev–Trinajstić information content (AvgIpc) is 3.10. The van der Waals surface area contributed by atoms with Crippen LogP contribution in [0, 0.1) is 17.5 Å². The van der Waals surface area contributed by atoms with Gasteiger partial charge in [0.1, 0.15) is 30.7 Å². The molecule has 0 saturated carbocycles. The van der Waals surface area contributed by atoms with E-state index in [0.717, 1.165) is 17.0 Å². The number of carbonyl (C=O) groups is 1. The molecule has 4 rings (SSSR count). The maximum Gasteiger partial charge on any atom is 0.414 e. The Morgan fingerprint density at radius 2 is 1.67 bits per heavy atom. The van der Waals surface area contributed by atoms with Gasteiger partial charge in [0.2, 0.25) is 0 Å². The zero-order chi connectivity index (χ0) is 21.5. The van der Waals surface area contributed by atoms with Crippen molar-refractivity contribution in [3.05, 3.63) is 59.4 Å². The second kappa shape index (κ2) is 8.08.